The summed E-state index contributed by atoms with van der Waals surface area (Å²) in [5, 5.41) is 0. The number of nitrogens with two attached hydrogens (primary N) is 1. The van der Waals surface area contributed by atoms with Crippen LogP contribution in [0.4, 0.5) is 0 Å². The average Bonchev–Trinajstić information content (AvgIpc) is 2.29. The van der Waals surface area contributed by atoms with Gasteiger partial charge in [0.1, 0.15) is 5.75 Å². The zero-order valence-corrected chi connectivity index (χ0v) is 11.9. The highest BCUT2D eigenvalue weighted by Gasteiger charge is 2.20. The zero-order valence-electron chi connectivity index (χ0n) is 11.1. The Morgan fingerprint density at radius 3 is 2.22 bits per heavy atom. The van der Waals surface area contributed by atoms with E-state index in [2.05, 4.69) is 0 Å². The molecule has 18 heavy (non-hydrogen) atoms. The van der Waals surface area contributed by atoms with Crippen LogP contribution in [-0.2, 0) is 9.84 Å². The molecule has 0 aliphatic heterocycles. The Morgan fingerprint density at radius 1 is 1.22 bits per heavy atom. The van der Waals surface area contributed by atoms with Gasteiger partial charge in [-0.2, -0.15) is 0 Å². The van der Waals surface area contributed by atoms with Crippen molar-refractivity contribution in [3.63, 3.8) is 0 Å². The Labute approximate surface area is 109 Å². The largest absolute Gasteiger partial charge is 0.494 e. The summed E-state index contributed by atoms with van der Waals surface area (Å²) in [6, 6.07) is 6.11. The third kappa shape index (κ3) is 3.99. The summed E-state index contributed by atoms with van der Waals surface area (Å²) in [6.45, 7) is 6.27. The predicted molar refractivity (Wildman–Crippen MR) is 72.5 cm³/mol. The predicted octanol–water partition coefficient (Wildman–Crippen LogP) is 1.84. The molecule has 1 aromatic rings. The van der Waals surface area contributed by atoms with Gasteiger partial charge in [0, 0.05) is 6.04 Å². The molecule has 0 saturated heterocycles. The molecular formula is C13H21NO3S. The highest BCUT2D eigenvalue weighted by Crippen LogP contribution is 2.18. The third-order valence-electron chi connectivity index (χ3n) is 2.76. The van der Waals surface area contributed by atoms with Crippen molar-refractivity contribution in [3.05, 3.63) is 24.3 Å². The number of sulfone groups is 1. The van der Waals surface area contributed by atoms with Gasteiger partial charge >= 0.3 is 0 Å². The summed E-state index contributed by atoms with van der Waals surface area (Å²) in [5.41, 5.74) is 5.81. The molecule has 0 aromatic heterocycles. The summed E-state index contributed by atoms with van der Waals surface area (Å²) in [5.74, 6) is 0.783. The molecular weight excluding hydrogens is 250 g/mol. The third-order valence-corrected chi connectivity index (χ3v) is 4.58. The second kappa shape index (κ2) is 6.20. The summed E-state index contributed by atoms with van der Waals surface area (Å²) < 4.78 is 29.5. The summed E-state index contributed by atoms with van der Waals surface area (Å²) in [7, 11) is -3.32. The Morgan fingerprint density at radius 2 is 1.78 bits per heavy atom. The SMILES string of the molecule is CCOc1ccc(S(=O)(=O)CC(N)C(C)C)cc1. The highest BCUT2D eigenvalue weighted by atomic mass is 32.2. The molecule has 1 rings (SSSR count). The van der Waals surface area contributed by atoms with Crippen LogP contribution in [0.15, 0.2) is 29.2 Å². The lowest BCUT2D eigenvalue weighted by atomic mass is 10.1. The van der Waals surface area contributed by atoms with Crippen molar-refractivity contribution in [1.29, 1.82) is 0 Å². The van der Waals surface area contributed by atoms with Crippen LogP contribution < -0.4 is 10.5 Å². The minimum Gasteiger partial charge on any atom is -0.494 e. The molecule has 0 heterocycles. The first kappa shape index (κ1) is 15.0. The van der Waals surface area contributed by atoms with Crippen LogP contribution in [0.1, 0.15) is 20.8 Å². The van der Waals surface area contributed by atoms with Crippen LogP contribution in [0, 0.1) is 5.92 Å². The van der Waals surface area contributed by atoms with Crippen LogP contribution in [0.3, 0.4) is 0 Å². The van der Waals surface area contributed by atoms with E-state index in [1.54, 1.807) is 24.3 Å². The summed E-state index contributed by atoms with van der Waals surface area (Å²) >= 11 is 0. The van der Waals surface area contributed by atoms with Gasteiger partial charge in [0.2, 0.25) is 0 Å². The Hall–Kier alpha value is -1.07. The van der Waals surface area contributed by atoms with Gasteiger partial charge in [0.25, 0.3) is 0 Å². The van der Waals surface area contributed by atoms with E-state index in [4.69, 9.17) is 10.5 Å². The van der Waals surface area contributed by atoms with Crippen molar-refractivity contribution in [2.24, 2.45) is 11.7 Å². The van der Waals surface area contributed by atoms with Crippen LogP contribution in [0.2, 0.25) is 0 Å². The summed E-state index contributed by atoms with van der Waals surface area (Å²) in [4.78, 5) is 0.294. The fourth-order valence-corrected chi connectivity index (χ4v) is 3.09. The van der Waals surface area contributed by atoms with Gasteiger partial charge in [-0.3, -0.25) is 0 Å². The molecule has 0 spiro atoms. The number of hydrogen-bond donors (Lipinski definition) is 1. The van der Waals surface area contributed by atoms with E-state index in [-0.39, 0.29) is 17.7 Å². The molecule has 2 N–H and O–H groups in total. The second-order valence-electron chi connectivity index (χ2n) is 4.59. The number of ether oxygens (including phenoxy) is 1. The van der Waals surface area contributed by atoms with Gasteiger partial charge in [-0.05, 0) is 37.1 Å². The normalized spacial score (nSPS) is 13.6. The average molecular weight is 271 g/mol. The zero-order chi connectivity index (χ0) is 13.8. The molecule has 0 amide bonds. The lowest BCUT2D eigenvalue weighted by Gasteiger charge is -2.15. The van der Waals surface area contributed by atoms with Gasteiger partial charge in [-0.15, -0.1) is 0 Å². The van der Waals surface area contributed by atoms with Gasteiger partial charge in [-0.25, -0.2) is 8.42 Å². The number of benzene rings is 1. The molecule has 1 atom stereocenters. The van der Waals surface area contributed by atoms with Crippen molar-refractivity contribution in [1.82, 2.24) is 0 Å². The van der Waals surface area contributed by atoms with Gasteiger partial charge in [-0.1, -0.05) is 13.8 Å². The van der Waals surface area contributed by atoms with E-state index in [1.165, 1.54) is 0 Å². The van der Waals surface area contributed by atoms with Crippen LogP contribution in [0.25, 0.3) is 0 Å². The molecule has 4 nitrogen and oxygen atoms in total. The van der Waals surface area contributed by atoms with E-state index in [0.29, 0.717) is 17.3 Å². The van der Waals surface area contributed by atoms with Crippen LogP contribution in [-0.4, -0.2) is 26.8 Å². The van der Waals surface area contributed by atoms with Crippen molar-refractivity contribution < 1.29 is 13.2 Å². The maximum absolute atomic E-state index is 12.1. The smallest absolute Gasteiger partial charge is 0.179 e. The van der Waals surface area contributed by atoms with Gasteiger partial charge in [0.05, 0.1) is 17.3 Å². The molecule has 0 bridgehead atoms. The minimum absolute atomic E-state index is 0.0291. The maximum Gasteiger partial charge on any atom is 0.179 e. The molecule has 0 aliphatic rings. The molecule has 1 aromatic carbocycles. The highest BCUT2D eigenvalue weighted by molar-refractivity contribution is 7.91. The first-order chi connectivity index (χ1) is 8.36. The molecule has 1 unspecified atom stereocenters. The first-order valence-electron chi connectivity index (χ1n) is 6.08. The van der Waals surface area contributed by atoms with Crippen LogP contribution >= 0.6 is 0 Å². The lowest BCUT2D eigenvalue weighted by molar-refractivity contribution is 0.340. The number of hydrogen-bond acceptors (Lipinski definition) is 4. The Bertz CT molecular complexity index is 466. The number of rotatable bonds is 6. The fraction of sp³-hybridized carbons (Fsp3) is 0.538. The van der Waals surface area contributed by atoms with Crippen molar-refractivity contribution in [2.45, 2.75) is 31.7 Å². The first-order valence-corrected chi connectivity index (χ1v) is 7.73. The standard InChI is InChI=1S/C13H21NO3S/c1-4-17-11-5-7-12(8-6-11)18(15,16)9-13(14)10(2)3/h5-8,10,13H,4,9,14H2,1-3H3. The van der Waals surface area contributed by atoms with Crippen molar-refractivity contribution in [2.75, 3.05) is 12.4 Å². The van der Waals surface area contributed by atoms with Gasteiger partial charge in [0.15, 0.2) is 9.84 Å². The second-order valence-corrected chi connectivity index (χ2v) is 6.63. The van der Waals surface area contributed by atoms with Crippen LogP contribution in [0.5, 0.6) is 5.75 Å². The Kier molecular flexibility index (Phi) is 5.16. The molecule has 0 radical (unpaired) electrons. The quantitative estimate of drug-likeness (QED) is 0.857. The molecule has 102 valence electrons. The molecule has 5 heteroatoms. The molecule has 0 aliphatic carbocycles. The fourth-order valence-electron chi connectivity index (χ4n) is 1.45. The molecule has 0 saturated carbocycles. The van der Waals surface area contributed by atoms with E-state index < -0.39 is 9.84 Å². The van der Waals surface area contributed by atoms with Crippen molar-refractivity contribution >= 4 is 9.84 Å². The van der Waals surface area contributed by atoms with E-state index in [9.17, 15) is 8.42 Å². The lowest BCUT2D eigenvalue weighted by Crippen LogP contribution is -2.34. The van der Waals surface area contributed by atoms with E-state index in [1.807, 2.05) is 20.8 Å². The van der Waals surface area contributed by atoms with E-state index >= 15 is 0 Å². The molecule has 0 fully saturated rings. The minimum atomic E-state index is -3.32. The topological polar surface area (TPSA) is 69.4 Å². The maximum atomic E-state index is 12.1. The summed E-state index contributed by atoms with van der Waals surface area (Å²) in [6.07, 6.45) is 0. The monoisotopic (exact) mass is 271 g/mol. The van der Waals surface area contributed by atoms with Crippen molar-refractivity contribution in [3.8, 4) is 5.75 Å². The van der Waals surface area contributed by atoms with Gasteiger partial charge < -0.3 is 10.5 Å². The van der Waals surface area contributed by atoms with E-state index in [0.717, 1.165) is 0 Å². The Balaban J connectivity index is 2.85.